The van der Waals surface area contributed by atoms with Crippen LogP contribution in [0.2, 0.25) is 0 Å². The molecule has 2 rings (SSSR count). The molecule has 17 heavy (non-hydrogen) atoms. The van der Waals surface area contributed by atoms with Gasteiger partial charge in [-0.25, -0.2) is 4.98 Å². The van der Waals surface area contributed by atoms with Crippen LogP contribution >= 0.6 is 0 Å². The molecule has 0 aromatic carbocycles. The van der Waals surface area contributed by atoms with Gasteiger partial charge in [0, 0.05) is 12.1 Å². The lowest BCUT2D eigenvalue weighted by molar-refractivity contribution is 0.421. The van der Waals surface area contributed by atoms with Crippen molar-refractivity contribution in [2.75, 3.05) is 0 Å². The lowest BCUT2D eigenvalue weighted by atomic mass is 10.1. The van der Waals surface area contributed by atoms with Crippen LogP contribution < -0.4 is 5.32 Å². The SMILES string of the molecule is Cc1occc1-c1nc(CNC(C)(C)C)co1. The van der Waals surface area contributed by atoms with Crippen LogP contribution in [0.4, 0.5) is 0 Å². The topological polar surface area (TPSA) is 51.2 Å². The van der Waals surface area contributed by atoms with Crippen molar-refractivity contribution in [2.24, 2.45) is 0 Å². The second-order valence-corrected chi connectivity index (χ2v) is 5.14. The molecule has 0 unspecified atom stereocenters. The summed E-state index contributed by atoms with van der Waals surface area (Å²) in [5.41, 5.74) is 1.88. The van der Waals surface area contributed by atoms with E-state index >= 15 is 0 Å². The third-order valence-electron chi connectivity index (χ3n) is 2.44. The Bertz CT molecular complexity index is 491. The summed E-state index contributed by atoms with van der Waals surface area (Å²) in [5.74, 6) is 1.43. The van der Waals surface area contributed by atoms with Gasteiger partial charge in [-0.3, -0.25) is 0 Å². The van der Waals surface area contributed by atoms with Gasteiger partial charge < -0.3 is 14.2 Å². The number of hydrogen-bond acceptors (Lipinski definition) is 4. The molecule has 0 bridgehead atoms. The summed E-state index contributed by atoms with van der Waals surface area (Å²) < 4.78 is 10.7. The summed E-state index contributed by atoms with van der Waals surface area (Å²) in [6.07, 6.45) is 3.32. The predicted molar refractivity (Wildman–Crippen MR) is 65.5 cm³/mol. The molecule has 4 nitrogen and oxygen atoms in total. The number of hydrogen-bond donors (Lipinski definition) is 1. The predicted octanol–water partition coefficient (Wildman–Crippen LogP) is 3.13. The van der Waals surface area contributed by atoms with Gasteiger partial charge in [0.05, 0.1) is 17.5 Å². The fourth-order valence-electron chi connectivity index (χ4n) is 1.47. The molecule has 1 N–H and O–H groups in total. The van der Waals surface area contributed by atoms with E-state index < -0.39 is 0 Å². The van der Waals surface area contributed by atoms with E-state index in [1.807, 2.05) is 13.0 Å². The molecule has 0 amide bonds. The highest BCUT2D eigenvalue weighted by Crippen LogP contribution is 2.23. The zero-order chi connectivity index (χ0) is 12.5. The summed E-state index contributed by atoms with van der Waals surface area (Å²) in [7, 11) is 0. The molecule has 0 atom stereocenters. The second kappa shape index (κ2) is 4.37. The van der Waals surface area contributed by atoms with Crippen molar-refractivity contribution in [1.29, 1.82) is 0 Å². The third kappa shape index (κ3) is 2.97. The number of rotatable bonds is 3. The van der Waals surface area contributed by atoms with Gasteiger partial charge in [0.2, 0.25) is 5.89 Å². The fraction of sp³-hybridized carbons (Fsp3) is 0.462. The molecule has 4 heteroatoms. The summed E-state index contributed by atoms with van der Waals surface area (Å²) >= 11 is 0. The third-order valence-corrected chi connectivity index (χ3v) is 2.44. The second-order valence-electron chi connectivity index (χ2n) is 5.14. The first-order valence-electron chi connectivity index (χ1n) is 5.69. The van der Waals surface area contributed by atoms with E-state index in [0.717, 1.165) is 17.0 Å². The Morgan fingerprint density at radius 2 is 2.06 bits per heavy atom. The van der Waals surface area contributed by atoms with Crippen LogP contribution in [0.25, 0.3) is 11.5 Å². The van der Waals surface area contributed by atoms with E-state index in [1.165, 1.54) is 0 Å². The number of oxazole rings is 1. The first kappa shape index (κ1) is 11.9. The summed E-state index contributed by atoms with van der Waals surface area (Å²) in [5, 5.41) is 3.37. The van der Waals surface area contributed by atoms with Crippen molar-refractivity contribution < 1.29 is 8.83 Å². The molecular weight excluding hydrogens is 216 g/mol. The molecule has 0 aliphatic rings. The molecule has 0 saturated heterocycles. The molecule has 0 aliphatic heterocycles. The van der Waals surface area contributed by atoms with Crippen LogP contribution in [-0.4, -0.2) is 10.5 Å². The molecule has 2 aromatic heterocycles. The first-order valence-corrected chi connectivity index (χ1v) is 5.69. The lowest BCUT2D eigenvalue weighted by Crippen LogP contribution is -2.35. The van der Waals surface area contributed by atoms with Crippen LogP contribution in [0.15, 0.2) is 27.4 Å². The van der Waals surface area contributed by atoms with Gasteiger partial charge >= 0.3 is 0 Å². The zero-order valence-electron chi connectivity index (χ0n) is 10.7. The maximum Gasteiger partial charge on any atom is 0.229 e. The van der Waals surface area contributed by atoms with Gasteiger partial charge in [0.25, 0.3) is 0 Å². The molecule has 2 aromatic rings. The zero-order valence-corrected chi connectivity index (χ0v) is 10.7. The van der Waals surface area contributed by atoms with Gasteiger partial charge in [-0.1, -0.05) is 0 Å². The highest BCUT2D eigenvalue weighted by molar-refractivity contribution is 5.55. The number of aromatic nitrogens is 1. The highest BCUT2D eigenvalue weighted by Gasteiger charge is 2.13. The molecule has 0 spiro atoms. The molecule has 0 fully saturated rings. The monoisotopic (exact) mass is 234 g/mol. The van der Waals surface area contributed by atoms with E-state index in [9.17, 15) is 0 Å². The van der Waals surface area contributed by atoms with Crippen molar-refractivity contribution in [3.05, 3.63) is 30.0 Å². The Kier molecular flexibility index (Phi) is 3.07. The number of nitrogens with zero attached hydrogens (tertiary/aromatic N) is 1. The van der Waals surface area contributed by atoms with E-state index in [4.69, 9.17) is 8.83 Å². The number of furan rings is 1. The Morgan fingerprint density at radius 1 is 1.29 bits per heavy atom. The largest absolute Gasteiger partial charge is 0.469 e. The summed E-state index contributed by atoms with van der Waals surface area (Å²) in [6.45, 7) is 8.95. The molecule has 0 saturated carbocycles. The standard InChI is InChI=1S/C13H18N2O2/c1-9-11(5-6-16-9)12-15-10(8-17-12)7-14-13(2,3)4/h5-6,8,14H,7H2,1-4H3. The van der Waals surface area contributed by atoms with E-state index in [-0.39, 0.29) is 5.54 Å². The van der Waals surface area contributed by atoms with Crippen LogP contribution in [0.5, 0.6) is 0 Å². The van der Waals surface area contributed by atoms with Crippen LogP contribution in [0, 0.1) is 6.92 Å². The summed E-state index contributed by atoms with van der Waals surface area (Å²) in [6, 6.07) is 1.86. The molecule has 0 aliphatic carbocycles. The van der Waals surface area contributed by atoms with E-state index in [1.54, 1.807) is 12.5 Å². The quantitative estimate of drug-likeness (QED) is 0.886. The van der Waals surface area contributed by atoms with E-state index in [2.05, 4.69) is 31.1 Å². The van der Waals surface area contributed by atoms with Crippen molar-refractivity contribution in [3.8, 4) is 11.5 Å². The van der Waals surface area contributed by atoms with Crippen LogP contribution in [0.3, 0.4) is 0 Å². The Morgan fingerprint density at radius 3 is 2.65 bits per heavy atom. The Labute approximate surface area is 101 Å². The van der Waals surface area contributed by atoms with Gasteiger partial charge in [-0.2, -0.15) is 0 Å². The highest BCUT2D eigenvalue weighted by atomic mass is 16.4. The van der Waals surface area contributed by atoms with Crippen molar-refractivity contribution >= 4 is 0 Å². The maximum absolute atomic E-state index is 5.44. The number of nitrogens with one attached hydrogen (secondary N) is 1. The molecular formula is C13H18N2O2. The summed E-state index contributed by atoms with van der Waals surface area (Å²) in [4.78, 5) is 4.43. The Balaban J connectivity index is 2.09. The van der Waals surface area contributed by atoms with Crippen molar-refractivity contribution in [1.82, 2.24) is 10.3 Å². The van der Waals surface area contributed by atoms with E-state index in [0.29, 0.717) is 12.4 Å². The Hall–Kier alpha value is -1.55. The first-order chi connectivity index (χ1) is 7.96. The van der Waals surface area contributed by atoms with Gasteiger partial charge in [-0.05, 0) is 33.8 Å². The normalized spacial score (nSPS) is 12.0. The molecule has 0 radical (unpaired) electrons. The maximum atomic E-state index is 5.44. The molecule has 92 valence electrons. The van der Waals surface area contributed by atoms with Crippen LogP contribution in [0.1, 0.15) is 32.2 Å². The average molecular weight is 234 g/mol. The number of aryl methyl sites for hydroxylation is 1. The van der Waals surface area contributed by atoms with Gasteiger partial charge in [-0.15, -0.1) is 0 Å². The smallest absolute Gasteiger partial charge is 0.229 e. The van der Waals surface area contributed by atoms with Gasteiger partial charge in [0.15, 0.2) is 0 Å². The van der Waals surface area contributed by atoms with Gasteiger partial charge in [0.1, 0.15) is 12.0 Å². The average Bonchev–Trinajstić information content (AvgIpc) is 2.81. The van der Waals surface area contributed by atoms with Crippen molar-refractivity contribution in [2.45, 2.75) is 39.8 Å². The lowest BCUT2D eigenvalue weighted by Gasteiger charge is -2.19. The minimum atomic E-state index is 0.0741. The minimum absolute atomic E-state index is 0.0741. The molecule has 2 heterocycles. The van der Waals surface area contributed by atoms with Crippen molar-refractivity contribution in [3.63, 3.8) is 0 Å². The fourth-order valence-corrected chi connectivity index (χ4v) is 1.47. The minimum Gasteiger partial charge on any atom is -0.469 e. The van der Waals surface area contributed by atoms with Crippen LogP contribution in [-0.2, 0) is 6.54 Å².